The number of primary sulfonamides is 1. The van der Waals surface area contributed by atoms with E-state index in [0.717, 1.165) is 6.20 Å². The predicted molar refractivity (Wildman–Crippen MR) is 78.8 cm³/mol. The first-order chi connectivity index (χ1) is 9.79. The van der Waals surface area contributed by atoms with Crippen molar-refractivity contribution in [3.8, 4) is 0 Å². The lowest BCUT2D eigenvalue weighted by molar-refractivity contribution is 0.597. The van der Waals surface area contributed by atoms with E-state index in [2.05, 4.69) is 10.3 Å². The Labute approximate surface area is 123 Å². The van der Waals surface area contributed by atoms with Crippen molar-refractivity contribution in [3.63, 3.8) is 0 Å². The van der Waals surface area contributed by atoms with E-state index >= 15 is 0 Å². The van der Waals surface area contributed by atoms with Gasteiger partial charge in [0.1, 0.15) is 5.82 Å². The first-order valence-electron chi connectivity index (χ1n) is 6.29. The van der Waals surface area contributed by atoms with E-state index in [4.69, 9.17) is 5.14 Å². The summed E-state index contributed by atoms with van der Waals surface area (Å²) < 4.78 is 35.9. The van der Waals surface area contributed by atoms with Gasteiger partial charge in [0.25, 0.3) is 0 Å². The molecular formula is C14H16FN3O2S. The summed E-state index contributed by atoms with van der Waals surface area (Å²) in [5.74, 6) is -0.404. The smallest absolute Gasteiger partial charge is 0.238 e. The second kappa shape index (κ2) is 5.79. The molecule has 0 aliphatic carbocycles. The molecule has 0 aliphatic heterocycles. The molecule has 21 heavy (non-hydrogen) atoms. The average molecular weight is 309 g/mol. The summed E-state index contributed by atoms with van der Waals surface area (Å²) in [6.45, 7) is 3.52. The third-order valence-corrected chi connectivity index (χ3v) is 4.21. The van der Waals surface area contributed by atoms with Crippen molar-refractivity contribution < 1.29 is 12.8 Å². The number of nitrogens with two attached hydrogens (primary N) is 1. The first kappa shape index (κ1) is 15.4. The van der Waals surface area contributed by atoms with Crippen molar-refractivity contribution in [1.82, 2.24) is 4.98 Å². The fraction of sp³-hybridized carbons (Fsp3) is 0.214. The molecule has 0 radical (unpaired) electrons. The molecule has 0 aliphatic rings. The molecule has 112 valence electrons. The molecule has 1 aromatic carbocycles. The van der Waals surface area contributed by atoms with Crippen LogP contribution in [-0.2, 0) is 10.0 Å². The van der Waals surface area contributed by atoms with Gasteiger partial charge in [-0.05, 0) is 43.7 Å². The molecule has 0 saturated heterocycles. The monoisotopic (exact) mass is 309 g/mol. The standard InChI is InChI=1S/C14H16FN3O2S/c1-9-12(4-3-5-14(9)21(16,19)20)18-10(2)13-7-6-11(15)8-17-13/h3-8,10,18H,1-2H3,(H2,16,19,20). The Morgan fingerprint density at radius 2 is 2.00 bits per heavy atom. The number of pyridine rings is 1. The van der Waals surface area contributed by atoms with Crippen LogP contribution in [0.4, 0.5) is 10.1 Å². The van der Waals surface area contributed by atoms with Crippen LogP contribution in [0.5, 0.6) is 0 Å². The molecule has 1 aromatic heterocycles. The van der Waals surface area contributed by atoms with Crippen LogP contribution in [-0.4, -0.2) is 13.4 Å². The van der Waals surface area contributed by atoms with Crippen LogP contribution in [0.15, 0.2) is 41.4 Å². The summed E-state index contributed by atoms with van der Waals surface area (Å²) in [5.41, 5.74) is 1.82. The summed E-state index contributed by atoms with van der Waals surface area (Å²) in [7, 11) is -3.77. The fourth-order valence-corrected chi connectivity index (χ4v) is 2.83. The van der Waals surface area contributed by atoms with E-state index in [0.29, 0.717) is 16.9 Å². The molecule has 2 rings (SSSR count). The third-order valence-electron chi connectivity index (χ3n) is 3.16. The quantitative estimate of drug-likeness (QED) is 0.908. The van der Waals surface area contributed by atoms with Crippen LogP contribution in [0.25, 0.3) is 0 Å². The summed E-state index contributed by atoms with van der Waals surface area (Å²) in [6, 6.07) is 7.51. The van der Waals surface area contributed by atoms with Gasteiger partial charge in [-0.2, -0.15) is 0 Å². The number of sulfonamides is 1. The van der Waals surface area contributed by atoms with Gasteiger partial charge in [0.15, 0.2) is 0 Å². The number of benzene rings is 1. The van der Waals surface area contributed by atoms with E-state index in [9.17, 15) is 12.8 Å². The number of hydrogen-bond donors (Lipinski definition) is 2. The topological polar surface area (TPSA) is 85.1 Å². The number of rotatable bonds is 4. The number of anilines is 1. The zero-order valence-corrected chi connectivity index (χ0v) is 12.5. The minimum absolute atomic E-state index is 0.0757. The van der Waals surface area contributed by atoms with E-state index in [1.165, 1.54) is 12.1 Å². The number of halogens is 1. The molecule has 1 heterocycles. The normalized spacial score (nSPS) is 13.0. The van der Waals surface area contributed by atoms with Crippen molar-refractivity contribution in [2.24, 2.45) is 5.14 Å². The summed E-state index contributed by atoms with van der Waals surface area (Å²) in [5, 5.41) is 8.33. The highest BCUT2D eigenvalue weighted by Crippen LogP contribution is 2.25. The molecular weight excluding hydrogens is 293 g/mol. The molecule has 2 aromatic rings. The SMILES string of the molecule is Cc1c(NC(C)c2ccc(F)cn2)cccc1S(N)(=O)=O. The zero-order valence-electron chi connectivity index (χ0n) is 11.7. The molecule has 7 heteroatoms. The molecule has 0 saturated carbocycles. The van der Waals surface area contributed by atoms with Crippen molar-refractivity contribution >= 4 is 15.7 Å². The second-order valence-corrected chi connectivity index (χ2v) is 6.27. The second-order valence-electron chi connectivity index (χ2n) is 4.74. The lowest BCUT2D eigenvalue weighted by atomic mass is 10.1. The molecule has 0 bridgehead atoms. The van der Waals surface area contributed by atoms with Crippen molar-refractivity contribution in [2.75, 3.05) is 5.32 Å². The Balaban J connectivity index is 2.30. The average Bonchev–Trinajstić information content (AvgIpc) is 2.40. The summed E-state index contributed by atoms with van der Waals surface area (Å²) in [4.78, 5) is 4.07. The van der Waals surface area contributed by atoms with Gasteiger partial charge in [0.2, 0.25) is 10.0 Å². The van der Waals surface area contributed by atoms with Crippen LogP contribution in [0.2, 0.25) is 0 Å². The Bertz CT molecular complexity index is 745. The molecule has 1 unspecified atom stereocenters. The Kier molecular flexibility index (Phi) is 4.24. The van der Waals surface area contributed by atoms with Gasteiger partial charge in [0.05, 0.1) is 22.8 Å². The van der Waals surface area contributed by atoms with E-state index in [1.54, 1.807) is 25.1 Å². The highest BCUT2D eigenvalue weighted by molar-refractivity contribution is 7.89. The largest absolute Gasteiger partial charge is 0.377 e. The predicted octanol–water partition coefficient (Wildman–Crippen LogP) is 2.35. The van der Waals surface area contributed by atoms with E-state index in [1.807, 2.05) is 6.92 Å². The number of aromatic nitrogens is 1. The van der Waals surface area contributed by atoms with Gasteiger partial charge in [0, 0.05) is 5.69 Å². The molecule has 0 fully saturated rings. The minimum atomic E-state index is -3.77. The maximum atomic E-state index is 12.9. The van der Waals surface area contributed by atoms with Crippen LogP contribution >= 0.6 is 0 Å². The van der Waals surface area contributed by atoms with Gasteiger partial charge in [-0.15, -0.1) is 0 Å². The van der Waals surface area contributed by atoms with E-state index in [-0.39, 0.29) is 10.9 Å². The van der Waals surface area contributed by atoms with Gasteiger partial charge in [-0.1, -0.05) is 6.07 Å². The van der Waals surface area contributed by atoms with Crippen LogP contribution in [0, 0.1) is 12.7 Å². The van der Waals surface area contributed by atoms with Gasteiger partial charge in [-0.25, -0.2) is 17.9 Å². The number of hydrogen-bond acceptors (Lipinski definition) is 4. The van der Waals surface area contributed by atoms with E-state index < -0.39 is 15.8 Å². The third kappa shape index (κ3) is 3.56. The highest BCUT2D eigenvalue weighted by Gasteiger charge is 2.15. The first-order valence-corrected chi connectivity index (χ1v) is 7.84. The molecule has 1 atom stereocenters. The van der Waals surface area contributed by atoms with Crippen molar-refractivity contribution in [1.29, 1.82) is 0 Å². The van der Waals surface area contributed by atoms with Gasteiger partial charge in [-0.3, -0.25) is 4.98 Å². The molecule has 5 nitrogen and oxygen atoms in total. The number of nitrogens with zero attached hydrogens (tertiary/aromatic N) is 1. The summed E-state index contributed by atoms with van der Waals surface area (Å²) in [6.07, 6.45) is 1.14. The highest BCUT2D eigenvalue weighted by atomic mass is 32.2. The minimum Gasteiger partial charge on any atom is -0.377 e. The lowest BCUT2D eigenvalue weighted by Crippen LogP contribution is -2.15. The van der Waals surface area contributed by atoms with Crippen LogP contribution < -0.4 is 10.5 Å². The zero-order chi connectivity index (χ0) is 15.6. The van der Waals surface area contributed by atoms with Crippen molar-refractivity contribution in [2.45, 2.75) is 24.8 Å². The lowest BCUT2D eigenvalue weighted by Gasteiger charge is -2.17. The van der Waals surface area contributed by atoms with Crippen LogP contribution in [0.1, 0.15) is 24.2 Å². The Morgan fingerprint density at radius 1 is 1.29 bits per heavy atom. The van der Waals surface area contributed by atoms with Gasteiger partial charge >= 0.3 is 0 Å². The fourth-order valence-electron chi connectivity index (χ4n) is 2.03. The molecule has 3 N–H and O–H groups in total. The number of nitrogens with one attached hydrogen (secondary N) is 1. The maximum Gasteiger partial charge on any atom is 0.238 e. The molecule has 0 amide bonds. The van der Waals surface area contributed by atoms with Crippen molar-refractivity contribution in [3.05, 3.63) is 53.6 Å². The Hall–Kier alpha value is -1.99. The molecule has 0 spiro atoms. The maximum absolute atomic E-state index is 12.9. The summed E-state index contributed by atoms with van der Waals surface area (Å²) >= 11 is 0. The van der Waals surface area contributed by atoms with Crippen LogP contribution in [0.3, 0.4) is 0 Å². The Morgan fingerprint density at radius 3 is 2.57 bits per heavy atom. The van der Waals surface area contributed by atoms with Gasteiger partial charge < -0.3 is 5.32 Å².